The minimum Gasteiger partial charge on any atom is -0.491 e. The molecule has 0 saturated heterocycles. The number of ether oxygens (including phenoxy) is 1. The van der Waals surface area contributed by atoms with Crippen LogP contribution in [-0.4, -0.2) is 25.2 Å². The van der Waals surface area contributed by atoms with Crippen LogP contribution >= 0.6 is 0 Å². The molecule has 1 aliphatic heterocycles. The molecule has 0 bridgehead atoms. The summed E-state index contributed by atoms with van der Waals surface area (Å²) in [6, 6.07) is 12.6. The van der Waals surface area contributed by atoms with Crippen LogP contribution in [0.4, 0.5) is 0 Å². The molecule has 4 nitrogen and oxygen atoms in total. The van der Waals surface area contributed by atoms with Gasteiger partial charge in [0.05, 0.1) is 6.10 Å². The number of fused-ring (bicyclic) bond motifs is 1. The monoisotopic (exact) mass is 297 g/mol. The number of rotatable bonds is 4. The lowest BCUT2D eigenvalue weighted by Gasteiger charge is -2.20. The fourth-order valence-electron chi connectivity index (χ4n) is 2.69. The van der Waals surface area contributed by atoms with Gasteiger partial charge in [0.2, 0.25) is 0 Å². The van der Waals surface area contributed by atoms with Crippen molar-refractivity contribution in [3.63, 3.8) is 0 Å². The van der Waals surface area contributed by atoms with E-state index >= 15 is 0 Å². The van der Waals surface area contributed by atoms with Crippen molar-refractivity contribution in [2.45, 2.75) is 32.9 Å². The summed E-state index contributed by atoms with van der Waals surface area (Å²) in [5.74, 6) is 1.83. The second-order valence-electron chi connectivity index (χ2n) is 5.79. The summed E-state index contributed by atoms with van der Waals surface area (Å²) in [6.45, 7) is 6.69. The van der Waals surface area contributed by atoms with E-state index < -0.39 is 0 Å². The minimum atomic E-state index is 0.157. The third kappa shape index (κ3) is 3.32. The van der Waals surface area contributed by atoms with Crippen LogP contribution in [0.15, 0.2) is 41.4 Å². The maximum absolute atomic E-state index is 5.99. The van der Waals surface area contributed by atoms with E-state index in [-0.39, 0.29) is 6.10 Å². The lowest BCUT2D eigenvalue weighted by Crippen LogP contribution is -2.40. The molecule has 2 aromatic rings. The number of benzene rings is 2. The summed E-state index contributed by atoms with van der Waals surface area (Å²) >= 11 is 0. The summed E-state index contributed by atoms with van der Waals surface area (Å²) in [6.07, 6.45) is 1.26. The predicted octanol–water partition coefficient (Wildman–Crippen LogP) is 3.07. The average Bonchev–Trinajstić information content (AvgIpc) is 2.54. The third-order valence-corrected chi connectivity index (χ3v) is 3.69. The molecular weight excluding hydrogens is 274 g/mol. The molecule has 0 unspecified atom stereocenters. The van der Waals surface area contributed by atoms with Gasteiger partial charge in [-0.1, -0.05) is 30.3 Å². The van der Waals surface area contributed by atoms with Gasteiger partial charge in [-0.25, -0.2) is 0 Å². The minimum absolute atomic E-state index is 0.157. The quantitative estimate of drug-likeness (QED) is 0.911. The van der Waals surface area contributed by atoms with Crippen molar-refractivity contribution in [3.8, 4) is 5.75 Å². The molecule has 0 spiro atoms. The van der Waals surface area contributed by atoms with Gasteiger partial charge in [0.1, 0.15) is 5.75 Å². The van der Waals surface area contributed by atoms with Crippen molar-refractivity contribution in [1.82, 2.24) is 10.6 Å². The Labute approximate surface area is 131 Å². The highest BCUT2D eigenvalue weighted by Gasteiger charge is 2.11. The molecule has 0 saturated carbocycles. The molecule has 22 heavy (non-hydrogen) atoms. The first-order chi connectivity index (χ1) is 10.7. The van der Waals surface area contributed by atoms with Crippen LogP contribution in [0.2, 0.25) is 0 Å². The van der Waals surface area contributed by atoms with Crippen molar-refractivity contribution in [1.29, 1.82) is 0 Å². The highest BCUT2D eigenvalue weighted by Crippen LogP contribution is 2.28. The van der Waals surface area contributed by atoms with Crippen molar-refractivity contribution < 1.29 is 4.74 Å². The van der Waals surface area contributed by atoms with Gasteiger partial charge in [0.25, 0.3) is 0 Å². The summed E-state index contributed by atoms with van der Waals surface area (Å²) in [5.41, 5.74) is 1.18. The fourth-order valence-corrected chi connectivity index (χ4v) is 2.69. The first-order valence-electron chi connectivity index (χ1n) is 7.93. The lowest BCUT2D eigenvalue weighted by molar-refractivity contribution is 0.240. The second kappa shape index (κ2) is 6.69. The van der Waals surface area contributed by atoms with Crippen molar-refractivity contribution in [2.24, 2.45) is 4.99 Å². The molecule has 0 fully saturated rings. The number of aliphatic imine (C=N–C) groups is 1. The molecule has 2 aromatic carbocycles. The van der Waals surface area contributed by atoms with E-state index in [1.807, 2.05) is 0 Å². The Morgan fingerprint density at radius 1 is 1.23 bits per heavy atom. The Hall–Kier alpha value is -2.23. The zero-order valence-electron chi connectivity index (χ0n) is 13.2. The van der Waals surface area contributed by atoms with E-state index in [0.717, 1.165) is 31.2 Å². The van der Waals surface area contributed by atoms with Gasteiger partial charge in [-0.2, -0.15) is 0 Å². The smallest absolute Gasteiger partial charge is 0.191 e. The molecule has 4 heteroatoms. The van der Waals surface area contributed by atoms with Crippen LogP contribution in [0.5, 0.6) is 5.75 Å². The molecule has 1 aliphatic rings. The topological polar surface area (TPSA) is 45.6 Å². The molecule has 0 aliphatic carbocycles. The summed E-state index contributed by atoms with van der Waals surface area (Å²) in [5, 5.41) is 9.16. The maximum Gasteiger partial charge on any atom is 0.191 e. The van der Waals surface area contributed by atoms with Crippen molar-refractivity contribution >= 4 is 16.7 Å². The summed E-state index contributed by atoms with van der Waals surface area (Å²) < 4.78 is 5.99. The fraction of sp³-hybridized carbons (Fsp3) is 0.389. The Morgan fingerprint density at radius 3 is 2.86 bits per heavy atom. The molecule has 1 heterocycles. The number of hydrogen-bond acceptors (Lipinski definition) is 4. The molecule has 0 aromatic heterocycles. The van der Waals surface area contributed by atoms with Crippen LogP contribution in [0.3, 0.4) is 0 Å². The Morgan fingerprint density at radius 2 is 2.09 bits per heavy atom. The predicted molar refractivity (Wildman–Crippen MR) is 91.5 cm³/mol. The van der Waals surface area contributed by atoms with E-state index in [1.165, 1.54) is 16.3 Å². The van der Waals surface area contributed by atoms with E-state index in [0.29, 0.717) is 6.54 Å². The largest absolute Gasteiger partial charge is 0.491 e. The molecular formula is C18H23N3O. The van der Waals surface area contributed by atoms with E-state index in [4.69, 9.17) is 4.74 Å². The highest BCUT2D eigenvalue weighted by atomic mass is 16.5. The highest BCUT2D eigenvalue weighted by molar-refractivity contribution is 5.88. The number of nitrogens with zero attached hydrogens (tertiary/aromatic N) is 1. The zero-order chi connectivity index (χ0) is 15.4. The molecule has 2 N–H and O–H groups in total. The normalized spacial score (nSPS) is 14.6. The Kier molecular flexibility index (Phi) is 4.47. The van der Waals surface area contributed by atoms with Crippen molar-refractivity contribution in [2.75, 3.05) is 13.1 Å². The number of guanidine groups is 1. The Balaban J connectivity index is 1.91. The Bertz CT molecular complexity index is 679. The maximum atomic E-state index is 5.99. The molecule has 0 amide bonds. The van der Waals surface area contributed by atoms with Crippen molar-refractivity contribution in [3.05, 3.63) is 42.0 Å². The van der Waals surface area contributed by atoms with Gasteiger partial charge in [0.15, 0.2) is 5.96 Å². The zero-order valence-corrected chi connectivity index (χ0v) is 13.2. The van der Waals surface area contributed by atoms with Crippen LogP contribution in [-0.2, 0) is 6.54 Å². The SMILES string of the molecule is CC(C)Oc1ccc2ccccc2c1CNC1=NCCCN1. The lowest BCUT2D eigenvalue weighted by atomic mass is 10.0. The van der Waals surface area contributed by atoms with E-state index in [9.17, 15) is 0 Å². The molecule has 0 atom stereocenters. The molecule has 3 rings (SSSR count). The third-order valence-electron chi connectivity index (χ3n) is 3.69. The van der Waals surface area contributed by atoms with E-state index in [2.05, 4.69) is 65.9 Å². The standard InChI is InChI=1S/C18H23N3O/c1-13(2)22-17-9-8-14-6-3-4-7-15(14)16(17)12-21-18-19-10-5-11-20-18/h3-4,6-9,13H,5,10-12H2,1-2H3,(H2,19,20,21). The van der Waals surface area contributed by atoms with Gasteiger partial charge in [-0.05, 0) is 37.1 Å². The molecule has 0 radical (unpaired) electrons. The van der Waals surface area contributed by atoms with E-state index in [1.54, 1.807) is 0 Å². The van der Waals surface area contributed by atoms with Gasteiger partial charge in [0, 0.05) is 25.2 Å². The van der Waals surface area contributed by atoms with Gasteiger partial charge < -0.3 is 15.4 Å². The average molecular weight is 297 g/mol. The second-order valence-corrected chi connectivity index (χ2v) is 5.79. The summed E-state index contributed by atoms with van der Waals surface area (Å²) in [7, 11) is 0. The van der Waals surface area contributed by atoms with Crippen LogP contribution in [0.25, 0.3) is 10.8 Å². The first kappa shape index (κ1) is 14.7. The van der Waals surface area contributed by atoms with Crippen LogP contribution in [0.1, 0.15) is 25.8 Å². The van der Waals surface area contributed by atoms with Crippen LogP contribution < -0.4 is 15.4 Å². The van der Waals surface area contributed by atoms with Gasteiger partial charge >= 0.3 is 0 Å². The van der Waals surface area contributed by atoms with Gasteiger partial charge in [-0.15, -0.1) is 0 Å². The van der Waals surface area contributed by atoms with Crippen LogP contribution in [0, 0.1) is 0 Å². The summed E-state index contributed by atoms with van der Waals surface area (Å²) in [4.78, 5) is 4.47. The number of nitrogens with one attached hydrogen (secondary N) is 2. The first-order valence-corrected chi connectivity index (χ1v) is 7.93. The molecule has 116 valence electrons. The number of hydrogen-bond donors (Lipinski definition) is 2. The van der Waals surface area contributed by atoms with Gasteiger partial charge in [-0.3, -0.25) is 4.99 Å².